The molecule has 0 saturated heterocycles. The van der Waals surface area contributed by atoms with Crippen LogP contribution in [0.5, 0.6) is 0 Å². The van der Waals surface area contributed by atoms with Gasteiger partial charge in [0.05, 0.1) is 0 Å². The van der Waals surface area contributed by atoms with E-state index in [2.05, 4.69) is 32.6 Å². The van der Waals surface area contributed by atoms with Crippen LogP contribution in [0.2, 0.25) is 0 Å². The summed E-state index contributed by atoms with van der Waals surface area (Å²) in [6, 6.07) is 5.82. The fraction of sp³-hybridized carbons (Fsp3) is 0.423. The number of aliphatic carboxylic acids is 1. The van der Waals surface area contributed by atoms with Gasteiger partial charge in [-0.1, -0.05) is 13.3 Å². The number of pyridine rings is 1. The van der Waals surface area contributed by atoms with Crippen LogP contribution in [0.4, 0.5) is 13.2 Å². The summed E-state index contributed by atoms with van der Waals surface area (Å²) in [6.07, 6.45) is 8.76. The minimum atomic E-state index is -5.08. The third-order valence-electron chi connectivity index (χ3n) is 5.87. The van der Waals surface area contributed by atoms with E-state index in [9.17, 15) is 18.0 Å². The number of aromatic nitrogens is 4. The van der Waals surface area contributed by atoms with E-state index < -0.39 is 12.1 Å². The van der Waals surface area contributed by atoms with Gasteiger partial charge >= 0.3 is 12.1 Å². The molecule has 1 aliphatic rings. The number of nitrogens with zero attached hydrogens (tertiary/aromatic N) is 5. The van der Waals surface area contributed by atoms with Gasteiger partial charge in [0.15, 0.2) is 5.82 Å². The van der Waals surface area contributed by atoms with E-state index in [0.29, 0.717) is 11.7 Å². The van der Waals surface area contributed by atoms with E-state index in [4.69, 9.17) is 9.90 Å². The predicted octanol–water partition coefficient (Wildman–Crippen LogP) is 5.31. The molecule has 1 aliphatic carbocycles. The lowest BCUT2D eigenvalue weighted by Crippen LogP contribution is -2.33. The predicted molar refractivity (Wildman–Crippen MR) is 132 cm³/mol. The molecule has 0 aromatic carbocycles. The summed E-state index contributed by atoms with van der Waals surface area (Å²) in [5.74, 6) is -1.30. The molecule has 1 amide bonds. The molecule has 1 fully saturated rings. The Hall–Kier alpha value is -3.76. The molecule has 3 aromatic heterocycles. The van der Waals surface area contributed by atoms with Gasteiger partial charge in [-0.3, -0.25) is 9.78 Å². The van der Waals surface area contributed by atoms with Crippen LogP contribution >= 0.6 is 0 Å². The minimum absolute atomic E-state index is 0.116. The SMILES string of the molecule is CCCCN(CC)C(=O)c1cc(-c2cnc(-c3cccnc3)nc2)cn1CC1CC1.O=C(O)C(F)(F)F. The number of hydrogen-bond acceptors (Lipinski definition) is 5. The largest absolute Gasteiger partial charge is 0.490 e. The van der Waals surface area contributed by atoms with Crippen molar-refractivity contribution in [3.05, 3.63) is 54.9 Å². The molecule has 37 heavy (non-hydrogen) atoms. The lowest BCUT2D eigenvalue weighted by molar-refractivity contribution is -0.192. The topological polar surface area (TPSA) is 101 Å². The highest BCUT2D eigenvalue weighted by Crippen LogP contribution is 2.33. The number of hydrogen-bond donors (Lipinski definition) is 1. The second kappa shape index (κ2) is 12.5. The molecule has 198 valence electrons. The molecule has 1 N–H and O–H groups in total. The van der Waals surface area contributed by atoms with E-state index >= 15 is 0 Å². The van der Waals surface area contributed by atoms with Crippen LogP contribution in [0.1, 0.15) is 50.0 Å². The standard InChI is InChI=1S/C24H29N5O.C2HF3O2/c1-3-5-11-28(4-2)24(30)22-12-20(17-29(22)16-18-8-9-18)21-14-26-23(27-15-21)19-7-6-10-25-13-19;3-2(4,5)1(6)7/h6-7,10,12-15,17-18H,3-5,8-9,11,16H2,1-2H3;(H,6,7). The number of amides is 1. The van der Waals surface area contributed by atoms with Crippen molar-refractivity contribution in [1.29, 1.82) is 0 Å². The third kappa shape index (κ3) is 7.86. The molecule has 3 aromatic rings. The van der Waals surface area contributed by atoms with Gasteiger partial charge < -0.3 is 14.6 Å². The van der Waals surface area contributed by atoms with Crippen LogP contribution in [0, 0.1) is 5.92 Å². The maximum Gasteiger partial charge on any atom is 0.490 e. The Labute approximate surface area is 213 Å². The van der Waals surface area contributed by atoms with Crippen molar-refractivity contribution >= 4 is 11.9 Å². The molecule has 11 heteroatoms. The molecule has 3 heterocycles. The molecular formula is C26H30F3N5O3. The summed E-state index contributed by atoms with van der Waals surface area (Å²) in [5, 5.41) is 7.12. The quantitative estimate of drug-likeness (QED) is 0.413. The van der Waals surface area contributed by atoms with Crippen molar-refractivity contribution < 1.29 is 27.9 Å². The summed E-state index contributed by atoms with van der Waals surface area (Å²) >= 11 is 0. The van der Waals surface area contributed by atoms with Gasteiger partial charge in [-0.15, -0.1) is 0 Å². The van der Waals surface area contributed by atoms with Crippen LogP contribution < -0.4 is 0 Å². The fourth-order valence-electron chi connectivity index (χ4n) is 3.61. The number of halogens is 3. The van der Waals surface area contributed by atoms with Gasteiger partial charge in [0.2, 0.25) is 0 Å². The summed E-state index contributed by atoms with van der Waals surface area (Å²) < 4.78 is 33.9. The van der Waals surface area contributed by atoms with Gasteiger partial charge in [0, 0.05) is 67.3 Å². The molecular weight excluding hydrogens is 487 g/mol. The molecule has 0 spiro atoms. The molecule has 0 unspecified atom stereocenters. The second-order valence-electron chi connectivity index (χ2n) is 8.79. The third-order valence-corrected chi connectivity index (χ3v) is 5.87. The van der Waals surface area contributed by atoms with E-state index in [1.807, 2.05) is 42.4 Å². The first kappa shape index (κ1) is 27.8. The van der Waals surface area contributed by atoms with Crippen molar-refractivity contribution in [2.45, 2.75) is 52.3 Å². The molecule has 0 atom stereocenters. The molecule has 8 nitrogen and oxygen atoms in total. The fourth-order valence-corrected chi connectivity index (χ4v) is 3.61. The van der Waals surface area contributed by atoms with Gasteiger partial charge in [0.1, 0.15) is 5.69 Å². The van der Waals surface area contributed by atoms with Crippen molar-refractivity contribution in [3.8, 4) is 22.5 Å². The number of carbonyl (C=O) groups excluding carboxylic acids is 1. The Morgan fingerprint density at radius 3 is 2.30 bits per heavy atom. The van der Waals surface area contributed by atoms with Crippen molar-refractivity contribution in [2.75, 3.05) is 13.1 Å². The highest BCUT2D eigenvalue weighted by molar-refractivity contribution is 5.94. The molecule has 0 aliphatic heterocycles. The first-order chi connectivity index (χ1) is 17.6. The molecule has 4 rings (SSSR count). The van der Waals surface area contributed by atoms with Gasteiger partial charge in [0.25, 0.3) is 5.91 Å². The number of carbonyl (C=O) groups is 2. The monoisotopic (exact) mass is 517 g/mol. The number of carboxylic acid groups (broad SMARTS) is 1. The first-order valence-electron chi connectivity index (χ1n) is 12.2. The van der Waals surface area contributed by atoms with Gasteiger partial charge in [-0.2, -0.15) is 13.2 Å². The van der Waals surface area contributed by atoms with Gasteiger partial charge in [-0.25, -0.2) is 14.8 Å². The lowest BCUT2D eigenvalue weighted by atomic mass is 10.1. The van der Waals surface area contributed by atoms with Crippen molar-refractivity contribution in [1.82, 2.24) is 24.4 Å². The van der Waals surface area contributed by atoms with E-state index in [-0.39, 0.29) is 5.91 Å². The number of alkyl halides is 3. The number of carboxylic acids is 1. The summed E-state index contributed by atoms with van der Waals surface area (Å²) in [4.78, 5) is 37.3. The zero-order chi connectivity index (χ0) is 27.0. The Balaban J connectivity index is 0.000000479. The van der Waals surface area contributed by atoms with Crippen molar-refractivity contribution in [3.63, 3.8) is 0 Å². The van der Waals surface area contributed by atoms with E-state index in [1.165, 1.54) is 12.8 Å². The molecule has 1 saturated carbocycles. The maximum absolute atomic E-state index is 13.3. The summed E-state index contributed by atoms with van der Waals surface area (Å²) in [7, 11) is 0. The minimum Gasteiger partial charge on any atom is -0.475 e. The first-order valence-corrected chi connectivity index (χ1v) is 12.2. The Kier molecular flexibility index (Phi) is 9.37. The smallest absolute Gasteiger partial charge is 0.475 e. The Bertz CT molecular complexity index is 1180. The second-order valence-corrected chi connectivity index (χ2v) is 8.79. The average Bonchev–Trinajstić information content (AvgIpc) is 3.61. The molecule has 0 radical (unpaired) electrons. The zero-order valence-corrected chi connectivity index (χ0v) is 20.8. The van der Waals surface area contributed by atoms with Gasteiger partial charge in [-0.05, 0) is 50.3 Å². The lowest BCUT2D eigenvalue weighted by Gasteiger charge is -2.21. The highest BCUT2D eigenvalue weighted by Gasteiger charge is 2.38. The summed E-state index contributed by atoms with van der Waals surface area (Å²) in [6.45, 7) is 6.64. The zero-order valence-electron chi connectivity index (χ0n) is 20.8. The van der Waals surface area contributed by atoms with Crippen molar-refractivity contribution in [2.24, 2.45) is 5.92 Å². The Morgan fingerprint density at radius 2 is 1.78 bits per heavy atom. The molecule has 0 bridgehead atoms. The normalized spacial score (nSPS) is 13.0. The average molecular weight is 518 g/mol. The van der Waals surface area contributed by atoms with E-state index in [0.717, 1.165) is 54.9 Å². The van der Waals surface area contributed by atoms with Crippen LogP contribution in [0.15, 0.2) is 49.2 Å². The van der Waals surface area contributed by atoms with E-state index in [1.54, 1.807) is 12.4 Å². The highest BCUT2D eigenvalue weighted by atomic mass is 19.4. The van der Waals surface area contributed by atoms with Crippen LogP contribution in [-0.4, -0.2) is 60.7 Å². The van der Waals surface area contributed by atoms with Crippen LogP contribution in [-0.2, 0) is 11.3 Å². The van der Waals surface area contributed by atoms with Crippen LogP contribution in [0.3, 0.4) is 0 Å². The number of rotatable bonds is 9. The maximum atomic E-state index is 13.3. The Morgan fingerprint density at radius 1 is 1.11 bits per heavy atom. The number of unbranched alkanes of at least 4 members (excludes halogenated alkanes) is 1. The summed E-state index contributed by atoms with van der Waals surface area (Å²) in [5.41, 5.74) is 3.57. The van der Waals surface area contributed by atoms with Crippen LogP contribution in [0.25, 0.3) is 22.5 Å².